The largest absolute Gasteiger partial charge is 0.481 e. The van der Waals surface area contributed by atoms with Crippen molar-refractivity contribution in [1.29, 1.82) is 10.5 Å². The molecule has 0 unspecified atom stereocenters. The fraction of sp³-hybridized carbons (Fsp3) is 0.750. The lowest BCUT2D eigenvalue weighted by Gasteiger charge is -2.36. The highest BCUT2D eigenvalue weighted by atomic mass is 28.4. The standard InChI is InChI=1S/C16H26N4OSi2/c1-9-15(11-17,12-18)13-22(5,6)21-23(7,8)14-16(10-2,19-3)20-4/h9-10,13-14H2,1-2,5-8H3. The van der Waals surface area contributed by atoms with Crippen LogP contribution in [-0.4, -0.2) is 22.3 Å². The lowest BCUT2D eigenvalue weighted by molar-refractivity contribution is 0.471. The average Bonchev–Trinajstić information content (AvgIpc) is 2.49. The van der Waals surface area contributed by atoms with E-state index in [2.05, 4.69) is 21.8 Å². The highest BCUT2D eigenvalue weighted by Gasteiger charge is 2.51. The monoisotopic (exact) mass is 346 g/mol. The molecule has 0 aliphatic rings. The fourth-order valence-electron chi connectivity index (χ4n) is 3.00. The van der Waals surface area contributed by atoms with Crippen molar-refractivity contribution in [2.45, 2.75) is 70.6 Å². The maximum absolute atomic E-state index is 9.36. The summed E-state index contributed by atoms with van der Waals surface area (Å²) in [5.74, 6) is 0. The van der Waals surface area contributed by atoms with Gasteiger partial charge in [0.1, 0.15) is 17.9 Å². The van der Waals surface area contributed by atoms with Crippen LogP contribution < -0.4 is 0 Å². The average molecular weight is 347 g/mol. The molecule has 124 valence electrons. The summed E-state index contributed by atoms with van der Waals surface area (Å²) in [4.78, 5) is 7.11. The normalized spacial score (nSPS) is 12.6. The van der Waals surface area contributed by atoms with Gasteiger partial charge in [-0.3, -0.25) is 0 Å². The third kappa shape index (κ3) is 5.81. The quantitative estimate of drug-likeness (QED) is 0.468. The molecular formula is C16H26N4OSi2. The summed E-state index contributed by atoms with van der Waals surface area (Å²) in [5.41, 5.74) is -2.03. The molecule has 0 saturated carbocycles. The van der Waals surface area contributed by atoms with Gasteiger partial charge in [0.05, 0.1) is 12.1 Å². The minimum atomic E-state index is -2.26. The van der Waals surface area contributed by atoms with Crippen LogP contribution in [0, 0.1) is 41.2 Å². The van der Waals surface area contributed by atoms with Crippen LogP contribution in [0.4, 0.5) is 0 Å². The van der Waals surface area contributed by atoms with Crippen molar-refractivity contribution >= 4 is 16.6 Å². The molecule has 0 atom stereocenters. The second-order valence-corrected chi connectivity index (χ2v) is 15.8. The van der Waals surface area contributed by atoms with Gasteiger partial charge < -0.3 is 4.12 Å². The van der Waals surface area contributed by atoms with Crippen molar-refractivity contribution in [3.8, 4) is 12.1 Å². The van der Waals surface area contributed by atoms with Crippen LogP contribution in [0.2, 0.25) is 38.3 Å². The van der Waals surface area contributed by atoms with Crippen LogP contribution in [0.15, 0.2) is 0 Å². The topological polar surface area (TPSA) is 65.5 Å². The van der Waals surface area contributed by atoms with Gasteiger partial charge in [-0.05, 0) is 45.6 Å². The summed E-state index contributed by atoms with van der Waals surface area (Å²) in [6.45, 7) is 26.5. The zero-order valence-electron chi connectivity index (χ0n) is 15.0. The third-order valence-corrected chi connectivity index (χ3v) is 11.3. The Labute approximate surface area is 142 Å². The van der Waals surface area contributed by atoms with Gasteiger partial charge in [-0.15, -0.1) is 0 Å². The predicted octanol–water partition coefficient (Wildman–Crippen LogP) is 4.80. The highest BCUT2D eigenvalue weighted by Crippen LogP contribution is 2.37. The lowest BCUT2D eigenvalue weighted by Crippen LogP contribution is -2.49. The zero-order valence-corrected chi connectivity index (χ0v) is 17.0. The molecule has 23 heavy (non-hydrogen) atoms. The third-order valence-electron chi connectivity index (χ3n) is 4.00. The molecule has 0 N–H and O–H groups in total. The van der Waals surface area contributed by atoms with Gasteiger partial charge >= 0.3 is 5.66 Å². The van der Waals surface area contributed by atoms with E-state index in [9.17, 15) is 10.5 Å². The molecule has 0 amide bonds. The number of hydrogen-bond donors (Lipinski definition) is 0. The first-order valence-electron chi connectivity index (χ1n) is 7.79. The Morgan fingerprint density at radius 3 is 1.65 bits per heavy atom. The summed E-state index contributed by atoms with van der Waals surface area (Å²) in [7, 11) is -4.52. The highest BCUT2D eigenvalue weighted by molar-refractivity contribution is 6.85. The smallest absolute Gasteiger partial charge is 0.455 e. The van der Waals surface area contributed by atoms with Crippen molar-refractivity contribution in [2.75, 3.05) is 0 Å². The number of rotatable bonds is 8. The van der Waals surface area contributed by atoms with E-state index >= 15 is 0 Å². The number of hydrogen-bond acceptors (Lipinski definition) is 3. The molecule has 7 heteroatoms. The predicted molar refractivity (Wildman–Crippen MR) is 95.8 cm³/mol. The molecule has 0 saturated heterocycles. The Bertz CT molecular complexity index is 507. The van der Waals surface area contributed by atoms with Gasteiger partial charge in [0.2, 0.25) is 0 Å². The maximum Gasteiger partial charge on any atom is 0.481 e. The molecule has 5 nitrogen and oxygen atoms in total. The first-order valence-corrected chi connectivity index (χ1v) is 14.0. The molecule has 0 aliphatic heterocycles. The molecular weight excluding hydrogens is 320 g/mol. The van der Waals surface area contributed by atoms with E-state index in [1.807, 2.05) is 40.0 Å². The first-order chi connectivity index (χ1) is 10.5. The van der Waals surface area contributed by atoms with Gasteiger partial charge in [-0.2, -0.15) is 10.5 Å². The van der Waals surface area contributed by atoms with Crippen molar-refractivity contribution in [3.63, 3.8) is 0 Å². The van der Waals surface area contributed by atoms with Crippen LogP contribution >= 0.6 is 0 Å². The molecule has 0 fully saturated rings. The van der Waals surface area contributed by atoms with Crippen LogP contribution in [0.3, 0.4) is 0 Å². The Morgan fingerprint density at radius 1 is 0.913 bits per heavy atom. The molecule has 0 rings (SSSR count). The van der Waals surface area contributed by atoms with Crippen LogP contribution in [0.25, 0.3) is 9.69 Å². The number of nitrogens with zero attached hydrogens (tertiary/aromatic N) is 4. The van der Waals surface area contributed by atoms with E-state index in [-0.39, 0.29) is 0 Å². The Balaban J connectivity index is 5.31. The summed E-state index contributed by atoms with van der Waals surface area (Å²) < 4.78 is 6.44. The van der Waals surface area contributed by atoms with E-state index in [0.717, 1.165) is 0 Å². The molecule has 0 aromatic heterocycles. The van der Waals surface area contributed by atoms with Crippen LogP contribution in [-0.2, 0) is 4.12 Å². The van der Waals surface area contributed by atoms with Gasteiger partial charge in [-0.25, -0.2) is 22.8 Å². The van der Waals surface area contributed by atoms with E-state index in [4.69, 9.17) is 17.3 Å². The van der Waals surface area contributed by atoms with E-state index in [0.29, 0.717) is 24.9 Å². The Morgan fingerprint density at radius 2 is 1.35 bits per heavy atom. The van der Waals surface area contributed by atoms with Crippen molar-refractivity contribution in [1.82, 2.24) is 0 Å². The lowest BCUT2D eigenvalue weighted by atomic mass is 9.91. The second kappa shape index (κ2) is 7.76. The molecule has 0 aliphatic carbocycles. The maximum atomic E-state index is 9.36. The van der Waals surface area contributed by atoms with E-state index < -0.39 is 27.7 Å². The van der Waals surface area contributed by atoms with Gasteiger partial charge in [0.15, 0.2) is 16.6 Å². The van der Waals surface area contributed by atoms with Gasteiger partial charge in [-0.1, -0.05) is 6.92 Å². The second-order valence-electron chi connectivity index (χ2n) is 7.19. The van der Waals surface area contributed by atoms with Gasteiger partial charge in [0.25, 0.3) is 0 Å². The Kier molecular flexibility index (Phi) is 7.20. The molecule has 0 bridgehead atoms. The summed E-state index contributed by atoms with van der Waals surface area (Å²) in [6, 6.07) is 5.21. The molecule has 0 heterocycles. The SMILES string of the molecule is [C-]#[N+]C(CC)(C[Si](C)(C)O[Si](C)(C)CC(C#N)(C#N)CC)[N+]#[C-]. The Hall–Kier alpha value is -1.65. The van der Waals surface area contributed by atoms with Crippen LogP contribution in [0.1, 0.15) is 26.7 Å². The number of nitriles is 2. The molecule has 0 aromatic rings. The summed E-state index contributed by atoms with van der Waals surface area (Å²) in [6.07, 6.45) is 0.960. The minimum Gasteiger partial charge on any atom is -0.455 e. The summed E-state index contributed by atoms with van der Waals surface area (Å²) >= 11 is 0. The van der Waals surface area contributed by atoms with Crippen molar-refractivity contribution < 1.29 is 4.12 Å². The first kappa shape index (κ1) is 21.4. The minimum absolute atomic E-state index is 0.453. The van der Waals surface area contributed by atoms with E-state index in [1.54, 1.807) is 0 Å². The van der Waals surface area contributed by atoms with Crippen LogP contribution in [0.5, 0.6) is 0 Å². The summed E-state index contributed by atoms with van der Waals surface area (Å²) in [5, 5.41) is 18.7. The molecule has 0 radical (unpaired) electrons. The molecule has 0 aromatic carbocycles. The zero-order chi connectivity index (χ0) is 18.4. The van der Waals surface area contributed by atoms with Crippen molar-refractivity contribution in [3.05, 3.63) is 22.8 Å². The van der Waals surface area contributed by atoms with Gasteiger partial charge in [0, 0.05) is 0 Å². The van der Waals surface area contributed by atoms with E-state index in [1.165, 1.54) is 0 Å². The molecule has 0 spiro atoms. The fourth-order valence-corrected chi connectivity index (χ4v) is 13.2. The van der Waals surface area contributed by atoms with Crippen molar-refractivity contribution in [2.24, 2.45) is 5.41 Å².